The molecule has 4 aromatic heterocycles. The van der Waals surface area contributed by atoms with Gasteiger partial charge in [-0.05, 0) is 19.1 Å². The number of aryl methyl sites for hydroxylation is 1. The zero-order valence-electron chi connectivity index (χ0n) is 19.9. The average molecular weight is 485 g/mol. The number of morpholine rings is 1. The van der Waals surface area contributed by atoms with E-state index in [1.807, 2.05) is 54.7 Å². The number of hydrogen-bond acceptors (Lipinski definition) is 8. The number of ether oxygens (including phenoxy) is 2. The highest BCUT2D eigenvalue weighted by Crippen LogP contribution is 2.26. The van der Waals surface area contributed by atoms with Gasteiger partial charge < -0.3 is 14.4 Å². The van der Waals surface area contributed by atoms with Gasteiger partial charge in [0.15, 0.2) is 11.5 Å². The van der Waals surface area contributed by atoms with Gasteiger partial charge >= 0.3 is 6.09 Å². The highest BCUT2D eigenvalue weighted by atomic mass is 16.5. The number of hydrogen-bond donors (Lipinski definition) is 0. The average Bonchev–Trinajstić information content (AvgIpc) is 3.67. The molecule has 0 spiro atoms. The lowest BCUT2D eigenvalue weighted by Crippen LogP contribution is -2.37. The number of carbonyl (C=O) groups is 1. The fourth-order valence-electron chi connectivity index (χ4n) is 4.29. The number of anilines is 1. The van der Waals surface area contributed by atoms with E-state index < -0.39 is 6.09 Å². The number of carbonyl (C=O) groups excluding carboxylic acids is 1. The molecule has 0 bridgehead atoms. The van der Waals surface area contributed by atoms with Crippen molar-refractivity contribution in [3.8, 4) is 28.5 Å². The molecule has 6 rings (SSSR count). The smallest absolute Gasteiger partial charge is 0.434 e. The Labute approximate surface area is 206 Å². The molecule has 0 atom stereocenters. The summed E-state index contributed by atoms with van der Waals surface area (Å²) in [5, 5.41) is 14.0. The van der Waals surface area contributed by atoms with E-state index in [4.69, 9.17) is 24.7 Å². The van der Waals surface area contributed by atoms with E-state index in [9.17, 15) is 4.79 Å². The molecule has 5 aromatic rings. The second-order valence-corrected chi connectivity index (χ2v) is 8.44. The third kappa shape index (κ3) is 3.89. The summed E-state index contributed by atoms with van der Waals surface area (Å²) < 4.78 is 15.2. The summed E-state index contributed by atoms with van der Waals surface area (Å²) in [5.74, 6) is 1.55. The molecule has 1 aliphatic heterocycles. The van der Waals surface area contributed by atoms with Crippen molar-refractivity contribution in [3.63, 3.8) is 0 Å². The summed E-state index contributed by atoms with van der Waals surface area (Å²) in [6.45, 7) is 4.53. The largest absolute Gasteiger partial charge is 0.451 e. The van der Waals surface area contributed by atoms with Crippen LogP contribution < -0.4 is 4.90 Å². The molecule has 1 aromatic carbocycles. The lowest BCUT2D eigenvalue weighted by molar-refractivity contribution is 0.122. The minimum Gasteiger partial charge on any atom is -0.451 e. The van der Waals surface area contributed by atoms with Crippen LogP contribution in [0.1, 0.15) is 5.69 Å². The molecule has 182 valence electrons. The van der Waals surface area contributed by atoms with Crippen LogP contribution in [-0.4, -0.2) is 73.7 Å². The molecule has 0 N–H and O–H groups in total. The molecule has 1 fully saturated rings. The van der Waals surface area contributed by atoms with Crippen molar-refractivity contribution >= 4 is 17.6 Å². The number of aromatic nitrogens is 7. The summed E-state index contributed by atoms with van der Waals surface area (Å²) in [4.78, 5) is 19.1. The Morgan fingerprint density at radius 1 is 0.944 bits per heavy atom. The first-order valence-electron chi connectivity index (χ1n) is 11.6. The number of benzene rings is 1. The van der Waals surface area contributed by atoms with Gasteiger partial charge in [0.05, 0.1) is 26.0 Å². The van der Waals surface area contributed by atoms with Gasteiger partial charge in [0.2, 0.25) is 0 Å². The minimum absolute atomic E-state index is 0.551. The Morgan fingerprint density at radius 3 is 2.50 bits per heavy atom. The van der Waals surface area contributed by atoms with Crippen molar-refractivity contribution in [1.82, 2.24) is 34.2 Å². The van der Waals surface area contributed by atoms with Crippen LogP contribution in [0.15, 0.2) is 60.8 Å². The van der Waals surface area contributed by atoms with E-state index in [1.165, 1.54) is 11.8 Å². The summed E-state index contributed by atoms with van der Waals surface area (Å²) in [6, 6.07) is 17.6. The summed E-state index contributed by atoms with van der Waals surface area (Å²) >= 11 is 0. The maximum Gasteiger partial charge on any atom is 0.434 e. The molecular weight excluding hydrogens is 460 g/mol. The first kappa shape index (κ1) is 22.0. The van der Waals surface area contributed by atoms with Gasteiger partial charge in [-0.15, -0.1) is 0 Å². The molecule has 0 unspecified atom stereocenters. The van der Waals surface area contributed by atoms with Crippen molar-refractivity contribution in [3.05, 3.63) is 66.5 Å². The first-order valence-corrected chi connectivity index (χ1v) is 11.6. The van der Waals surface area contributed by atoms with E-state index >= 15 is 0 Å². The predicted octanol–water partition coefficient (Wildman–Crippen LogP) is 3.21. The van der Waals surface area contributed by atoms with Crippen molar-refractivity contribution < 1.29 is 14.3 Å². The number of rotatable bonds is 4. The molecule has 36 heavy (non-hydrogen) atoms. The molecule has 11 heteroatoms. The van der Waals surface area contributed by atoms with Crippen molar-refractivity contribution in [2.45, 2.75) is 6.92 Å². The van der Waals surface area contributed by atoms with Gasteiger partial charge in [-0.1, -0.05) is 30.3 Å². The van der Waals surface area contributed by atoms with Gasteiger partial charge in [-0.3, -0.25) is 0 Å². The zero-order valence-corrected chi connectivity index (χ0v) is 19.9. The topological polar surface area (TPSA) is 105 Å². The summed E-state index contributed by atoms with van der Waals surface area (Å²) in [5.41, 5.74) is 4.36. The van der Waals surface area contributed by atoms with Gasteiger partial charge in [-0.2, -0.15) is 24.5 Å². The van der Waals surface area contributed by atoms with Gasteiger partial charge in [0, 0.05) is 42.7 Å². The van der Waals surface area contributed by atoms with Crippen LogP contribution in [0.2, 0.25) is 0 Å². The fraction of sp³-hybridized carbons (Fsp3) is 0.240. The molecule has 5 heterocycles. The highest BCUT2D eigenvalue weighted by molar-refractivity contribution is 5.72. The molecular formula is C25H24N8O3. The van der Waals surface area contributed by atoms with E-state index in [0.29, 0.717) is 41.8 Å². The summed E-state index contributed by atoms with van der Waals surface area (Å²) in [6.07, 6.45) is 1.35. The number of nitrogens with zero attached hydrogens (tertiary/aromatic N) is 8. The van der Waals surface area contributed by atoms with Crippen LogP contribution in [-0.2, 0) is 9.47 Å². The summed E-state index contributed by atoms with van der Waals surface area (Å²) in [7, 11) is 1.33. The van der Waals surface area contributed by atoms with E-state index in [2.05, 4.69) is 10.00 Å². The van der Waals surface area contributed by atoms with Crippen LogP contribution in [0.25, 0.3) is 34.1 Å². The highest BCUT2D eigenvalue weighted by Gasteiger charge is 2.21. The molecule has 1 aliphatic rings. The van der Waals surface area contributed by atoms with Crippen molar-refractivity contribution in [2.75, 3.05) is 38.3 Å². The van der Waals surface area contributed by atoms with Gasteiger partial charge in [0.1, 0.15) is 17.2 Å². The Morgan fingerprint density at radius 2 is 1.72 bits per heavy atom. The predicted molar refractivity (Wildman–Crippen MR) is 132 cm³/mol. The van der Waals surface area contributed by atoms with Gasteiger partial charge in [-0.25, -0.2) is 14.5 Å². The molecule has 0 amide bonds. The quantitative estimate of drug-likeness (QED) is 0.383. The van der Waals surface area contributed by atoms with Crippen molar-refractivity contribution in [1.29, 1.82) is 0 Å². The van der Waals surface area contributed by atoms with E-state index in [1.54, 1.807) is 22.2 Å². The Kier molecular flexibility index (Phi) is 5.45. The Hall–Kier alpha value is -4.51. The van der Waals surface area contributed by atoms with Crippen LogP contribution in [0, 0.1) is 6.92 Å². The van der Waals surface area contributed by atoms with Crippen LogP contribution in [0.4, 0.5) is 10.6 Å². The lowest BCUT2D eigenvalue weighted by atomic mass is 10.2. The van der Waals surface area contributed by atoms with Crippen LogP contribution >= 0.6 is 0 Å². The standard InChI is InChI=1S/C25H24N8O3/c1-17-14-20(28-32(17)25(34)35-2)21-15-23-26-22(16-24(33(23)29-21)30-10-12-36-13-11-30)31-9-8-19(27-31)18-6-4-3-5-7-18/h3-9,14-16H,10-13H2,1-2H3. The zero-order chi connectivity index (χ0) is 24.6. The minimum atomic E-state index is -0.551. The molecule has 0 saturated carbocycles. The Bertz CT molecular complexity index is 1550. The second kappa shape index (κ2) is 8.93. The number of fused-ring (bicyclic) bond motifs is 1. The van der Waals surface area contributed by atoms with Crippen LogP contribution in [0.3, 0.4) is 0 Å². The van der Waals surface area contributed by atoms with Crippen LogP contribution in [0.5, 0.6) is 0 Å². The SMILES string of the molecule is COC(=O)n1nc(-c2cc3nc(-n4ccc(-c5ccccc5)n4)cc(N4CCOCC4)n3n2)cc1C. The monoisotopic (exact) mass is 484 g/mol. The van der Waals surface area contributed by atoms with E-state index in [0.717, 1.165) is 30.2 Å². The van der Waals surface area contributed by atoms with Gasteiger partial charge in [0.25, 0.3) is 0 Å². The molecule has 11 nitrogen and oxygen atoms in total. The Balaban J connectivity index is 1.46. The first-order chi connectivity index (χ1) is 17.6. The molecule has 0 radical (unpaired) electrons. The van der Waals surface area contributed by atoms with Crippen molar-refractivity contribution in [2.24, 2.45) is 0 Å². The third-order valence-corrected chi connectivity index (χ3v) is 6.12. The molecule has 1 saturated heterocycles. The maximum absolute atomic E-state index is 12.0. The maximum atomic E-state index is 12.0. The lowest BCUT2D eigenvalue weighted by Gasteiger charge is -2.29. The third-order valence-electron chi connectivity index (χ3n) is 6.12. The fourth-order valence-corrected chi connectivity index (χ4v) is 4.29. The molecule has 0 aliphatic carbocycles. The number of methoxy groups -OCH3 is 1. The van der Waals surface area contributed by atoms with E-state index in [-0.39, 0.29) is 0 Å². The second-order valence-electron chi connectivity index (χ2n) is 8.44. The normalized spacial score (nSPS) is 13.9.